The second-order valence-electron chi connectivity index (χ2n) is 7.78. The van der Waals surface area contributed by atoms with E-state index < -0.39 is 11.6 Å². The standard InChI is InChI=1S/C24H21N3O3/c1-4-13-9-11-14(12-10-13)17-18-20(15-7-5-6-8-16(15)21(18)28)25-22-19(17)23(29)27(3)24(30)26(22)2/h5-12,17,25H,4H2,1-3H3. The fraction of sp³-hybridized carbons (Fsp3) is 0.208. The first kappa shape index (κ1) is 18.4. The molecule has 3 aromatic rings. The lowest BCUT2D eigenvalue weighted by molar-refractivity contribution is 0.103. The maximum Gasteiger partial charge on any atom is 0.332 e. The molecular formula is C24H21N3O3. The number of hydrogen-bond acceptors (Lipinski definition) is 4. The highest BCUT2D eigenvalue weighted by molar-refractivity contribution is 6.23. The summed E-state index contributed by atoms with van der Waals surface area (Å²) in [5.74, 6) is -0.192. The zero-order valence-corrected chi connectivity index (χ0v) is 17.0. The van der Waals surface area contributed by atoms with E-state index in [1.165, 1.54) is 17.2 Å². The minimum atomic E-state index is -0.549. The summed E-state index contributed by atoms with van der Waals surface area (Å²) in [5.41, 5.74) is 4.30. The molecule has 5 rings (SSSR count). The van der Waals surface area contributed by atoms with E-state index >= 15 is 0 Å². The Kier molecular flexibility index (Phi) is 3.93. The lowest BCUT2D eigenvalue weighted by atomic mass is 9.81. The number of Topliss-reactive ketones (excluding diaryl/α,β-unsaturated/α-hetero) is 1. The highest BCUT2D eigenvalue weighted by atomic mass is 16.2. The summed E-state index contributed by atoms with van der Waals surface area (Å²) in [6, 6.07) is 15.4. The summed E-state index contributed by atoms with van der Waals surface area (Å²) in [5, 5.41) is 3.25. The number of fused-ring (bicyclic) bond motifs is 3. The second-order valence-corrected chi connectivity index (χ2v) is 7.78. The van der Waals surface area contributed by atoms with Crippen LogP contribution in [0.3, 0.4) is 0 Å². The average molecular weight is 399 g/mol. The number of rotatable bonds is 2. The van der Waals surface area contributed by atoms with Crippen molar-refractivity contribution >= 4 is 17.3 Å². The number of allylic oxidation sites excluding steroid dienone is 1. The Morgan fingerprint density at radius 3 is 2.23 bits per heavy atom. The molecule has 1 aromatic heterocycles. The van der Waals surface area contributed by atoms with Crippen LogP contribution in [0.15, 0.2) is 63.7 Å². The van der Waals surface area contributed by atoms with E-state index in [0.717, 1.165) is 22.1 Å². The van der Waals surface area contributed by atoms with Crippen molar-refractivity contribution in [3.05, 3.63) is 103 Å². The molecule has 0 saturated carbocycles. The van der Waals surface area contributed by atoms with E-state index in [9.17, 15) is 14.4 Å². The van der Waals surface area contributed by atoms with Crippen LogP contribution in [0.2, 0.25) is 0 Å². The number of ketones is 1. The van der Waals surface area contributed by atoms with Gasteiger partial charge in [-0.05, 0) is 17.5 Å². The zero-order valence-electron chi connectivity index (χ0n) is 17.0. The summed E-state index contributed by atoms with van der Waals surface area (Å²) in [6.07, 6.45) is 0.900. The van der Waals surface area contributed by atoms with Gasteiger partial charge in [-0.3, -0.25) is 18.7 Å². The van der Waals surface area contributed by atoms with Crippen molar-refractivity contribution in [2.24, 2.45) is 14.1 Å². The summed E-state index contributed by atoms with van der Waals surface area (Å²) < 4.78 is 2.55. The van der Waals surface area contributed by atoms with Gasteiger partial charge in [0.25, 0.3) is 5.56 Å². The summed E-state index contributed by atoms with van der Waals surface area (Å²) in [6.45, 7) is 2.08. The number of nitrogens with one attached hydrogen (secondary N) is 1. The van der Waals surface area contributed by atoms with Gasteiger partial charge in [-0.15, -0.1) is 0 Å². The van der Waals surface area contributed by atoms with Gasteiger partial charge in [0.1, 0.15) is 5.82 Å². The fourth-order valence-electron chi connectivity index (χ4n) is 4.54. The number of aryl methyl sites for hydroxylation is 1. The third kappa shape index (κ3) is 2.33. The molecule has 0 amide bonds. The maximum absolute atomic E-state index is 13.4. The number of carbonyl (C=O) groups is 1. The van der Waals surface area contributed by atoms with Gasteiger partial charge in [0.2, 0.25) is 0 Å². The van der Waals surface area contributed by atoms with Crippen LogP contribution in [0, 0.1) is 0 Å². The Morgan fingerprint density at radius 2 is 1.57 bits per heavy atom. The molecule has 2 aliphatic rings. The minimum Gasteiger partial charge on any atom is -0.340 e. The highest BCUT2D eigenvalue weighted by Crippen LogP contribution is 2.47. The lowest BCUT2D eigenvalue weighted by Crippen LogP contribution is -2.42. The van der Waals surface area contributed by atoms with Crippen molar-refractivity contribution in [3.8, 4) is 0 Å². The highest BCUT2D eigenvalue weighted by Gasteiger charge is 2.42. The van der Waals surface area contributed by atoms with Crippen molar-refractivity contribution in [3.63, 3.8) is 0 Å². The number of benzene rings is 2. The van der Waals surface area contributed by atoms with Crippen molar-refractivity contribution in [1.29, 1.82) is 0 Å². The van der Waals surface area contributed by atoms with E-state index in [4.69, 9.17) is 0 Å². The zero-order chi connectivity index (χ0) is 21.2. The van der Waals surface area contributed by atoms with Gasteiger partial charge < -0.3 is 5.32 Å². The number of anilines is 1. The largest absolute Gasteiger partial charge is 0.340 e. The Balaban J connectivity index is 1.86. The molecule has 0 bridgehead atoms. The van der Waals surface area contributed by atoms with Gasteiger partial charge in [0.05, 0.1) is 11.3 Å². The molecule has 2 heterocycles. The maximum atomic E-state index is 13.4. The smallest absolute Gasteiger partial charge is 0.332 e. The van der Waals surface area contributed by atoms with Crippen molar-refractivity contribution in [2.75, 3.05) is 5.32 Å². The lowest BCUT2D eigenvalue weighted by Gasteiger charge is -2.29. The second kappa shape index (κ2) is 6.42. The Labute approximate surface area is 173 Å². The quantitative estimate of drug-likeness (QED) is 0.719. The molecule has 0 spiro atoms. The van der Waals surface area contributed by atoms with Gasteiger partial charge in [-0.2, -0.15) is 0 Å². The van der Waals surface area contributed by atoms with E-state index in [1.54, 1.807) is 13.1 Å². The molecule has 1 aliphatic carbocycles. The van der Waals surface area contributed by atoms with Crippen molar-refractivity contribution in [1.82, 2.24) is 9.13 Å². The predicted molar refractivity (Wildman–Crippen MR) is 116 cm³/mol. The van der Waals surface area contributed by atoms with E-state index in [-0.39, 0.29) is 11.3 Å². The molecule has 1 unspecified atom stereocenters. The topological polar surface area (TPSA) is 73.1 Å². The first-order chi connectivity index (χ1) is 14.4. The van der Waals surface area contributed by atoms with Gasteiger partial charge in [-0.1, -0.05) is 55.5 Å². The third-order valence-corrected chi connectivity index (χ3v) is 6.20. The molecule has 0 saturated heterocycles. The monoisotopic (exact) mass is 399 g/mol. The molecule has 150 valence electrons. The number of hydrogen-bond donors (Lipinski definition) is 1. The van der Waals surface area contributed by atoms with E-state index in [0.29, 0.717) is 28.2 Å². The molecule has 6 nitrogen and oxygen atoms in total. The minimum absolute atomic E-state index is 0.0841. The fourth-order valence-corrected chi connectivity index (χ4v) is 4.54. The van der Waals surface area contributed by atoms with Crippen LogP contribution in [0.1, 0.15) is 45.5 Å². The van der Waals surface area contributed by atoms with Gasteiger partial charge in [0, 0.05) is 36.7 Å². The first-order valence-corrected chi connectivity index (χ1v) is 9.98. The molecule has 30 heavy (non-hydrogen) atoms. The van der Waals surface area contributed by atoms with Crippen LogP contribution in [-0.4, -0.2) is 14.9 Å². The summed E-state index contributed by atoms with van der Waals surface area (Å²) in [4.78, 5) is 39.3. The van der Waals surface area contributed by atoms with Crippen LogP contribution in [0.25, 0.3) is 5.70 Å². The predicted octanol–water partition coefficient (Wildman–Crippen LogP) is 2.81. The first-order valence-electron chi connectivity index (χ1n) is 9.98. The van der Waals surface area contributed by atoms with Crippen LogP contribution >= 0.6 is 0 Å². The Bertz CT molecular complexity index is 1370. The summed E-state index contributed by atoms with van der Waals surface area (Å²) >= 11 is 0. The molecule has 1 atom stereocenters. The number of aromatic nitrogens is 2. The normalized spacial score (nSPS) is 16.8. The molecule has 0 radical (unpaired) electrons. The molecule has 2 aromatic carbocycles. The van der Waals surface area contributed by atoms with Gasteiger partial charge >= 0.3 is 5.69 Å². The molecular weight excluding hydrogens is 378 g/mol. The SMILES string of the molecule is CCc1ccc(C2C3=C(Nc4c2c(=O)n(C)c(=O)n4C)c2ccccc2C3=O)cc1. The van der Waals surface area contributed by atoms with E-state index in [2.05, 4.69) is 12.2 Å². The van der Waals surface area contributed by atoms with E-state index in [1.807, 2.05) is 42.5 Å². The molecule has 6 heteroatoms. The van der Waals surface area contributed by atoms with Crippen LogP contribution in [0.4, 0.5) is 5.82 Å². The molecule has 1 aliphatic heterocycles. The van der Waals surface area contributed by atoms with Gasteiger partial charge in [0.15, 0.2) is 5.78 Å². The molecule has 0 fully saturated rings. The van der Waals surface area contributed by atoms with Crippen molar-refractivity contribution in [2.45, 2.75) is 19.3 Å². The number of nitrogens with zero attached hydrogens (tertiary/aromatic N) is 2. The van der Waals surface area contributed by atoms with Crippen LogP contribution < -0.4 is 16.6 Å². The number of carbonyl (C=O) groups excluding carboxylic acids is 1. The molecule has 1 N–H and O–H groups in total. The van der Waals surface area contributed by atoms with Gasteiger partial charge in [-0.25, -0.2) is 4.79 Å². The average Bonchev–Trinajstić information content (AvgIpc) is 3.07. The Hall–Kier alpha value is -3.67. The Morgan fingerprint density at radius 1 is 0.900 bits per heavy atom. The third-order valence-electron chi connectivity index (χ3n) is 6.20. The van der Waals surface area contributed by atoms with Crippen LogP contribution in [-0.2, 0) is 20.5 Å². The van der Waals surface area contributed by atoms with Crippen molar-refractivity contribution < 1.29 is 4.79 Å². The summed E-state index contributed by atoms with van der Waals surface area (Å²) in [7, 11) is 3.11. The van der Waals surface area contributed by atoms with Crippen LogP contribution in [0.5, 0.6) is 0 Å².